The Morgan fingerprint density at radius 1 is 0.974 bits per heavy atom. The number of hydrogen-bond donors (Lipinski definition) is 3. The highest BCUT2D eigenvalue weighted by atomic mass is 16.3. The van der Waals surface area contributed by atoms with Crippen LogP contribution in [0.3, 0.4) is 0 Å². The van der Waals surface area contributed by atoms with E-state index in [0.717, 1.165) is 44.9 Å². The fourth-order valence-corrected chi connectivity index (χ4v) is 10.2. The van der Waals surface area contributed by atoms with Gasteiger partial charge >= 0.3 is 0 Å². The van der Waals surface area contributed by atoms with Gasteiger partial charge in [-0.1, -0.05) is 51.1 Å². The van der Waals surface area contributed by atoms with Crippen LogP contribution in [0.5, 0.6) is 0 Å². The molecule has 4 aliphatic carbocycles. The van der Waals surface area contributed by atoms with Crippen molar-refractivity contribution in [2.45, 2.75) is 123 Å². The molecule has 4 saturated carbocycles. The van der Waals surface area contributed by atoms with Gasteiger partial charge in [-0.05, 0) is 129 Å². The number of amides is 1. The summed E-state index contributed by atoms with van der Waals surface area (Å²) in [7, 11) is 0. The monoisotopic (exact) mass is 523 g/mol. The van der Waals surface area contributed by atoms with E-state index in [2.05, 4.69) is 57.3 Å². The van der Waals surface area contributed by atoms with Gasteiger partial charge in [-0.2, -0.15) is 0 Å². The van der Waals surface area contributed by atoms with Gasteiger partial charge in [0.2, 0.25) is 5.91 Å². The minimum absolute atomic E-state index is 0.0303. The van der Waals surface area contributed by atoms with Gasteiger partial charge in [0.25, 0.3) is 0 Å². The Balaban J connectivity index is 1.16. The normalized spacial score (nSPS) is 41.9. The number of aryl methyl sites for hydroxylation is 1. The molecule has 0 unspecified atom stereocenters. The Kier molecular flexibility index (Phi) is 8.32. The summed E-state index contributed by atoms with van der Waals surface area (Å²) in [5, 5.41) is 25.3. The molecule has 4 nitrogen and oxygen atoms in total. The topological polar surface area (TPSA) is 69.6 Å². The van der Waals surface area contributed by atoms with E-state index in [1.165, 1.54) is 31.2 Å². The molecule has 0 heterocycles. The second-order valence-corrected chi connectivity index (χ2v) is 14.4. The van der Waals surface area contributed by atoms with Crippen LogP contribution in [0.4, 0.5) is 0 Å². The minimum atomic E-state index is -0.252. The number of carbonyl (C=O) groups excluding carboxylic acids is 1. The molecule has 1 aromatic carbocycles. The lowest BCUT2D eigenvalue weighted by atomic mass is 9.43. The molecule has 5 rings (SSSR count). The van der Waals surface area contributed by atoms with E-state index < -0.39 is 0 Å². The highest BCUT2D eigenvalue weighted by Crippen LogP contribution is 2.68. The zero-order valence-electron chi connectivity index (χ0n) is 24.4. The van der Waals surface area contributed by atoms with Crippen molar-refractivity contribution >= 4 is 5.91 Å². The Bertz CT molecular complexity index is 950. The number of nitrogens with one attached hydrogen (secondary N) is 1. The predicted octanol–water partition coefficient (Wildman–Crippen LogP) is 6.53. The molecule has 0 aliphatic heterocycles. The summed E-state index contributed by atoms with van der Waals surface area (Å²) in [6.07, 6.45) is 12.0. The molecule has 1 aromatic rings. The molecule has 4 heteroatoms. The molecule has 4 fully saturated rings. The van der Waals surface area contributed by atoms with Gasteiger partial charge in [0.1, 0.15) is 0 Å². The second kappa shape index (κ2) is 11.2. The largest absolute Gasteiger partial charge is 0.393 e. The van der Waals surface area contributed by atoms with Gasteiger partial charge < -0.3 is 15.5 Å². The average molecular weight is 524 g/mol. The van der Waals surface area contributed by atoms with E-state index >= 15 is 0 Å². The van der Waals surface area contributed by atoms with Crippen LogP contribution < -0.4 is 5.32 Å². The first-order valence-electron chi connectivity index (χ1n) is 15.8. The van der Waals surface area contributed by atoms with Crippen LogP contribution in [0.1, 0.15) is 104 Å². The molecular weight excluding hydrogens is 470 g/mol. The van der Waals surface area contributed by atoms with Crippen LogP contribution >= 0.6 is 0 Å². The molecule has 212 valence electrons. The van der Waals surface area contributed by atoms with Gasteiger partial charge in [-0.25, -0.2) is 0 Å². The average Bonchev–Trinajstić information content (AvgIpc) is 3.26. The maximum absolute atomic E-state index is 12.8. The molecule has 1 amide bonds. The number of hydrogen-bond acceptors (Lipinski definition) is 3. The number of rotatable bonds is 8. The summed E-state index contributed by atoms with van der Waals surface area (Å²) in [6, 6.07) is 10.7. The third-order valence-corrected chi connectivity index (χ3v) is 12.4. The van der Waals surface area contributed by atoms with Crippen LogP contribution in [0.2, 0.25) is 0 Å². The van der Waals surface area contributed by atoms with E-state index in [1.54, 1.807) is 0 Å². The van der Waals surface area contributed by atoms with Crippen LogP contribution in [0.15, 0.2) is 30.3 Å². The standard InChI is InChI=1S/C34H53NO3/c1-22(10-17-32(38)35-23(2)11-12-24-8-6-5-7-9-24)28-15-16-29-27-14-13-25-20-26(36)18-19-33(25,3)30(27)21-31(37)34(28,29)4/h5-9,22-23,25-31,36-37H,10-21H2,1-4H3,(H,35,38)/t22-,23-,25+,26-,27+,28+,29-,30-,31+,33+,34-/m1/s1. The van der Waals surface area contributed by atoms with Crippen LogP contribution in [0, 0.1) is 46.3 Å². The van der Waals surface area contributed by atoms with Crippen molar-refractivity contribution in [3.05, 3.63) is 35.9 Å². The highest BCUT2D eigenvalue weighted by Gasteiger charge is 2.63. The van der Waals surface area contributed by atoms with E-state index in [-0.39, 0.29) is 35.0 Å². The predicted molar refractivity (Wildman–Crippen MR) is 153 cm³/mol. The lowest BCUT2D eigenvalue weighted by Crippen LogP contribution is -2.58. The molecule has 0 bridgehead atoms. The summed E-state index contributed by atoms with van der Waals surface area (Å²) in [6.45, 7) is 9.34. The molecule has 3 N–H and O–H groups in total. The summed E-state index contributed by atoms with van der Waals surface area (Å²) in [5.74, 6) is 3.63. The van der Waals surface area contributed by atoms with E-state index in [0.29, 0.717) is 41.9 Å². The van der Waals surface area contributed by atoms with Gasteiger partial charge in [0.05, 0.1) is 12.2 Å². The quantitative estimate of drug-likeness (QED) is 0.363. The Labute approximate surface area is 231 Å². The van der Waals surface area contributed by atoms with Crippen molar-refractivity contribution in [2.75, 3.05) is 0 Å². The first kappa shape index (κ1) is 28.1. The van der Waals surface area contributed by atoms with Crippen LogP contribution in [0.25, 0.3) is 0 Å². The first-order chi connectivity index (χ1) is 18.1. The van der Waals surface area contributed by atoms with Crippen molar-refractivity contribution in [1.29, 1.82) is 0 Å². The van der Waals surface area contributed by atoms with E-state index in [4.69, 9.17) is 0 Å². The van der Waals surface area contributed by atoms with Crippen molar-refractivity contribution < 1.29 is 15.0 Å². The molecular formula is C34H53NO3. The lowest BCUT2D eigenvalue weighted by molar-refractivity contribution is -0.174. The molecule has 11 atom stereocenters. The molecule has 0 spiro atoms. The number of carbonyl (C=O) groups is 1. The fraction of sp³-hybridized carbons (Fsp3) is 0.794. The third kappa shape index (κ3) is 5.21. The Morgan fingerprint density at radius 2 is 1.74 bits per heavy atom. The first-order valence-corrected chi connectivity index (χ1v) is 15.8. The summed E-state index contributed by atoms with van der Waals surface area (Å²) < 4.78 is 0. The van der Waals surface area contributed by atoms with Gasteiger partial charge in [-0.15, -0.1) is 0 Å². The summed E-state index contributed by atoms with van der Waals surface area (Å²) in [5.41, 5.74) is 1.57. The lowest BCUT2D eigenvalue weighted by Gasteiger charge is -2.62. The smallest absolute Gasteiger partial charge is 0.220 e. The third-order valence-electron chi connectivity index (χ3n) is 12.4. The number of benzene rings is 1. The van der Waals surface area contributed by atoms with Crippen LogP contribution in [-0.4, -0.2) is 34.4 Å². The molecule has 4 aliphatic rings. The fourth-order valence-electron chi connectivity index (χ4n) is 10.2. The summed E-state index contributed by atoms with van der Waals surface area (Å²) in [4.78, 5) is 12.8. The molecule has 38 heavy (non-hydrogen) atoms. The number of aliphatic hydroxyl groups is 2. The van der Waals surface area contributed by atoms with Crippen molar-refractivity contribution in [3.8, 4) is 0 Å². The van der Waals surface area contributed by atoms with Crippen molar-refractivity contribution in [2.24, 2.45) is 46.3 Å². The minimum Gasteiger partial charge on any atom is -0.393 e. The van der Waals surface area contributed by atoms with Crippen molar-refractivity contribution in [3.63, 3.8) is 0 Å². The molecule has 0 aromatic heterocycles. The van der Waals surface area contributed by atoms with Crippen LogP contribution in [-0.2, 0) is 11.2 Å². The second-order valence-electron chi connectivity index (χ2n) is 14.4. The zero-order valence-corrected chi connectivity index (χ0v) is 24.4. The Morgan fingerprint density at radius 3 is 2.50 bits per heavy atom. The zero-order chi connectivity index (χ0) is 27.1. The maximum Gasteiger partial charge on any atom is 0.220 e. The van der Waals surface area contributed by atoms with E-state index in [1.807, 2.05) is 6.07 Å². The Hall–Kier alpha value is -1.39. The van der Waals surface area contributed by atoms with Gasteiger partial charge in [-0.3, -0.25) is 4.79 Å². The van der Waals surface area contributed by atoms with Gasteiger partial charge in [0.15, 0.2) is 0 Å². The SMILES string of the molecule is C[C@H](CCc1ccccc1)NC(=O)CC[C@@H](C)[C@@H]1CC[C@@H]2[C@@H]3CC[C@H]4C[C@H](O)CC[C@]4(C)[C@@H]3C[C@H](O)[C@@]21C. The number of aliphatic hydroxyl groups excluding tert-OH is 2. The number of fused-ring (bicyclic) bond motifs is 5. The summed E-state index contributed by atoms with van der Waals surface area (Å²) >= 11 is 0. The molecule has 0 radical (unpaired) electrons. The maximum atomic E-state index is 12.8. The van der Waals surface area contributed by atoms with Gasteiger partial charge in [0, 0.05) is 12.5 Å². The highest BCUT2D eigenvalue weighted by molar-refractivity contribution is 5.76. The molecule has 0 saturated heterocycles. The van der Waals surface area contributed by atoms with E-state index in [9.17, 15) is 15.0 Å². The van der Waals surface area contributed by atoms with Crippen molar-refractivity contribution in [1.82, 2.24) is 5.32 Å².